The van der Waals surface area contributed by atoms with Crippen LogP contribution in [-0.2, 0) is 11.3 Å². The van der Waals surface area contributed by atoms with Crippen LogP contribution in [0.3, 0.4) is 0 Å². The van der Waals surface area contributed by atoms with Gasteiger partial charge in [0.05, 0.1) is 12.6 Å². The minimum atomic E-state index is -1.28. The summed E-state index contributed by atoms with van der Waals surface area (Å²) in [5.74, 6) is 0. The van der Waals surface area contributed by atoms with Crippen LogP contribution in [0.1, 0.15) is 11.1 Å². The molecule has 0 bridgehead atoms. The van der Waals surface area contributed by atoms with Crippen LogP contribution in [0.4, 0.5) is 0 Å². The minimum Gasteiger partial charge on any atom is -0.394 e. The normalized spacial score (nSPS) is 32.2. The summed E-state index contributed by atoms with van der Waals surface area (Å²) in [6.45, 7) is 3.70. The van der Waals surface area contributed by atoms with Gasteiger partial charge in [0.2, 0.25) is 0 Å². The van der Waals surface area contributed by atoms with Gasteiger partial charge in [-0.15, -0.1) is 0 Å². The summed E-state index contributed by atoms with van der Waals surface area (Å²) in [5.41, 5.74) is 2.00. The van der Waals surface area contributed by atoms with Gasteiger partial charge >= 0.3 is 0 Å². The van der Waals surface area contributed by atoms with Crippen LogP contribution in [0.5, 0.6) is 0 Å². The second-order valence-electron chi connectivity index (χ2n) is 5.58. The van der Waals surface area contributed by atoms with Gasteiger partial charge in [-0.3, -0.25) is 4.90 Å². The van der Waals surface area contributed by atoms with Crippen molar-refractivity contribution in [3.05, 3.63) is 42.0 Å². The molecular weight excluding hydrogens is 286 g/mol. The predicted octanol–water partition coefficient (Wildman–Crippen LogP) is -0.439. The summed E-state index contributed by atoms with van der Waals surface area (Å²) in [6, 6.07) is 6.94. The Bertz CT molecular complexity index is 492. The molecule has 4 N–H and O–H groups in total. The van der Waals surface area contributed by atoms with E-state index in [9.17, 15) is 15.3 Å². The fourth-order valence-corrected chi connectivity index (χ4v) is 2.71. The number of hydrogen-bond donors (Lipinski definition) is 4. The standard InChI is InChI=1S/C16H23NO5/c1-3-10-4-6-11(7-5-10)8-17(2)13-15(20)14(19)12(9-18)22-16(13)21/h3-7,12-16,18-21H,1,8-9H2,2H3/t12-,13-,14-,15-,16?/m1/s1. The van der Waals surface area contributed by atoms with E-state index in [2.05, 4.69) is 6.58 Å². The van der Waals surface area contributed by atoms with Gasteiger partial charge in [0, 0.05) is 6.54 Å². The lowest BCUT2D eigenvalue weighted by molar-refractivity contribution is -0.271. The number of rotatable bonds is 5. The highest BCUT2D eigenvalue weighted by molar-refractivity contribution is 5.47. The van der Waals surface area contributed by atoms with Crippen molar-refractivity contribution in [2.75, 3.05) is 13.7 Å². The Morgan fingerprint density at radius 1 is 1.18 bits per heavy atom. The van der Waals surface area contributed by atoms with Crippen LogP contribution in [0.25, 0.3) is 6.08 Å². The summed E-state index contributed by atoms with van der Waals surface area (Å²) in [4.78, 5) is 1.72. The van der Waals surface area contributed by atoms with Crippen LogP contribution in [0.2, 0.25) is 0 Å². The zero-order valence-electron chi connectivity index (χ0n) is 12.5. The van der Waals surface area contributed by atoms with E-state index in [1.807, 2.05) is 24.3 Å². The quantitative estimate of drug-likeness (QED) is 0.589. The molecular formula is C16H23NO5. The van der Waals surface area contributed by atoms with Gasteiger partial charge in [0.25, 0.3) is 0 Å². The van der Waals surface area contributed by atoms with E-state index in [0.29, 0.717) is 6.54 Å². The Hall–Kier alpha value is -1.28. The molecule has 1 aliphatic heterocycles. The SMILES string of the molecule is C=Cc1ccc(CN(C)[C@H]2C(O)O[C@H](CO)[C@@H](O)[C@@H]2O)cc1. The molecule has 6 heteroatoms. The Morgan fingerprint density at radius 2 is 1.82 bits per heavy atom. The highest BCUT2D eigenvalue weighted by Gasteiger charge is 2.45. The first-order valence-corrected chi connectivity index (χ1v) is 7.20. The minimum absolute atomic E-state index is 0.464. The lowest BCUT2D eigenvalue weighted by Gasteiger charge is -2.44. The number of hydrogen-bond acceptors (Lipinski definition) is 6. The highest BCUT2D eigenvalue weighted by atomic mass is 16.6. The maximum Gasteiger partial charge on any atom is 0.173 e. The van der Waals surface area contributed by atoms with Crippen molar-refractivity contribution in [3.63, 3.8) is 0 Å². The Balaban J connectivity index is 2.07. The van der Waals surface area contributed by atoms with E-state index in [1.165, 1.54) is 0 Å². The van der Waals surface area contributed by atoms with Crippen molar-refractivity contribution in [2.45, 2.75) is 37.2 Å². The van der Waals surface area contributed by atoms with Crippen molar-refractivity contribution in [3.8, 4) is 0 Å². The highest BCUT2D eigenvalue weighted by Crippen LogP contribution is 2.24. The average Bonchev–Trinajstić information content (AvgIpc) is 2.51. The van der Waals surface area contributed by atoms with E-state index in [-0.39, 0.29) is 0 Å². The molecule has 1 heterocycles. The molecule has 0 saturated carbocycles. The van der Waals surface area contributed by atoms with Gasteiger partial charge in [0.1, 0.15) is 18.3 Å². The smallest absolute Gasteiger partial charge is 0.173 e. The first-order valence-electron chi connectivity index (χ1n) is 7.20. The molecule has 1 aromatic carbocycles. The second-order valence-corrected chi connectivity index (χ2v) is 5.58. The van der Waals surface area contributed by atoms with Crippen LogP contribution < -0.4 is 0 Å². The molecule has 0 aliphatic carbocycles. The largest absolute Gasteiger partial charge is 0.394 e. The number of aliphatic hydroxyl groups excluding tert-OH is 4. The fourth-order valence-electron chi connectivity index (χ4n) is 2.71. The van der Waals surface area contributed by atoms with E-state index >= 15 is 0 Å². The number of benzene rings is 1. The van der Waals surface area contributed by atoms with Crippen molar-refractivity contribution >= 4 is 6.08 Å². The van der Waals surface area contributed by atoms with Gasteiger partial charge in [-0.25, -0.2) is 0 Å². The number of nitrogens with zero attached hydrogens (tertiary/aromatic N) is 1. The molecule has 5 atom stereocenters. The Morgan fingerprint density at radius 3 is 2.36 bits per heavy atom. The molecule has 1 aliphatic rings. The molecule has 6 nitrogen and oxygen atoms in total. The fraction of sp³-hybridized carbons (Fsp3) is 0.500. The Labute approximate surface area is 129 Å². The monoisotopic (exact) mass is 309 g/mol. The summed E-state index contributed by atoms with van der Waals surface area (Å²) in [6.07, 6.45) is -2.97. The van der Waals surface area contributed by atoms with Gasteiger partial charge in [-0.2, -0.15) is 0 Å². The zero-order chi connectivity index (χ0) is 16.3. The van der Waals surface area contributed by atoms with Crippen LogP contribution in [-0.4, -0.2) is 69.6 Å². The van der Waals surface area contributed by atoms with Crippen molar-refractivity contribution in [1.29, 1.82) is 0 Å². The molecule has 1 fully saturated rings. The maximum absolute atomic E-state index is 10.2. The van der Waals surface area contributed by atoms with Crippen LogP contribution >= 0.6 is 0 Å². The first-order chi connectivity index (χ1) is 10.5. The van der Waals surface area contributed by atoms with Gasteiger partial charge in [-0.05, 0) is 18.2 Å². The third-order valence-corrected chi connectivity index (χ3v) is 4.02. The van der Waals surface area contributed by atoms with Gasteiger partial charge in [-0.1, -0.05) is 36.9 Å². The van der Waals surface area contributed by atoms with Crippen molar-refractivity contribution in [2.24, 2.45) is 0 Å². The first kappa shape index (κ1) is 17.1. The van der Waals surface area contributed by atoms with Crippen LogP contribution in [0, 0.1) is 0 Å². The molecule has 22 heavy (non-hydrogen) atoms. The second kappa shape index (κ2) is 7.32. The maximum atomic E-state index is 10.2. The van der Waals surface area contributed by atoms with Crippen molar-refractivity contribution in [1.82, 2.24) is 4.90 Å². The van der Waals surface area contributed by atoms with Gasteiger partial charge in [0.15, 0.2) is 6.29 Å². The molecule has 2 rings (SSSR count). The molecule has 0 spiro atoms. The van der Waals surface area contributed by atoms with E-state index < -0.39 is 37.3 Å². The van der Waals surface area contributed by atoms with Gasteiger partial charge < -0.3 is 25.2 Å². The molecule has 0 aromatic heterocycles. The third-order valence-electron chi connectivity index (χ3n) is 4.02. The third kappa shape index (κ3) is 3.55. The van der Waals surface area contributed by atoms with E-state index in [4.69, 9.17) is 9.84 Å². The lowest BCUT2D eigenvalue weighted by atomic mass is 9.95. The number of ether oxygens (including phenoxy) is 1. The summed E-state index contributed by atoms with van der Waals surface area (Å²) >= 11 is 0. The molecule has 1 saturated heterocycles. The van der Waals surface area contributed by atoms with E-state index in [1.54, 1.807) is 18.0 Å². The molecule has 0 amide bonds. The summed E-state index contributed by atoms with van der Waals surface area (Å²) < 4.78 is 5.17. The molecule has 122 valence electrons. The number of likely N-dealkylation sites (N-methyl/N-ethyl adjacent to an activating group) is 1. The molecule has 1 aromatic rings. The lowest BCUT2D eigenvalue weighted by Crippen LogP contribution is -2.63. The topological polar surface area (TPSA) is 93.4 Å². The zero-order valence-corrected chi connectivity index (χ0v) is 12.5. The average molecular weight is 309 g/mol. The molecule has 1 unspecified atom stereocenters. The molecule has 0 radical (unpaired) electrons. The predicted molar refractivity (Wildman–Crippen MR) is 81.8 cm³/mol. The van der Waals surface area contributed by atoms with E-state index in [0.717, 1.165) is 11.1 Å². The van der Waals surface area contributed by atoms with Crippen LogP contribution in [0.15, 0.2) is 30.8 Å². The number of aliphatic hydroxyl groups is 4. The Kier molecular flexibility index (Phi) is 5.69. The summed E-state index contributed by atoms with van der Waals surface area (Å²) in [5, 5.41) is 39.2. The summed E-state index contributed by atoms with van der Waals surface area (Å²) in [7, 11) is 1.73. The van der Waals surface area contributed by atoms with Crippen molar-refractivity contribution < 1.29 is 25.2 Å².